The van der Waals surface area contributed by atoms with Gasteiger partial charge in [0.15, 0.2) is 0 Å². The molecule has 0 saturated carbocycles. The van der Waals surface area contributed by atoms with Gasteiger partial charge in [-0.2, -0.15) is 0 Å². The maximum atomic E-state index is 13.3. The summed E-state index contributed by atoms with van der Waals surface area (Å²) in [5.41, 5.74) is 2.44. The van der Waals surface area contributed by atoms with Gasteiger partial charge in [0.1, 0.15) is 4.90 Å². The summed E-state index contributed by atoms with van der Waals surface area (Å²) in [5.74, 6) is -1.03. The number of sulfonamides is 1. The number of aryl methyl sites for hydroxylation is 1. The summed E-state index contributed by atoms with van der Waals surface area (Å²) >= 11 is 0. The highest BCUT2D eigenvalue weighted by molar-refractivity contribution is 7.92. The van der Waals surface area contributed by atoms with Crippen LogP contribution in [0.3, 0.4) is 0 Å². The average Bonchev–Trinajstić information content (AvgIpc) is 3.27. The minimum absolute atomic E-state index is 0.0658. The van der Waals surface area contributed by atoms with E-state index in [0.29, 0.717) is 18.3 Å². The number of carboxylic acid groups (broad SMARTS) is 1. The molecule has 1 aliphatic carbocycles. The summed E-state index contributed by atoms with van der Waals surface area (Å²) in [6.45, 7) is 3.69. The molecule has 1 aliphatic heterocycles. The fourth-order valence-corrected chi connectivity index (χ4v) is 6.19. The van der Waals surface area contributed by atoms with Crippen molar-refractivity contribution >= 4 is 27.4 Å². The molecule has 4 rings (SSSR count). The quantitative estimate of drug-likeness (QED) is 0.474. The molecule has 2 unspecified atom stereocenters. The van der Waals surface area contributed by atoms with Crippen LogP contribution in [0, 0.1) is 0 Å². The summed E-state index contributed by atoms with van der Waals surface area (Å²) in [4.78, 5) is 12.3. The standard InChI is InChI=1S/C24H31N3O4S/c1-16-6-4-7-17-11-12-20(23(22(16)17)24(28)29)27-32(30,31)21-10-3-2-9-19(21)26-15-13-18-8-5-14-25-18/h2-3,9-12,16,18,25-27H,4-8,13-15H2,1H3,(H,28,29). The Bertz CT molecular complexity index is 1090. The number of carbonyl (C=O) groups is 1. The van der Waals surface area contributed by atoms with Crippen molar-refractivity contribution in [2.45, 2.75) is 62.3 Å². The van der Waals surface area contributed by atoms with Gasteiger partial charge in [0.25, 0.3) is 10.0 Å². The smallest absolute Gasteiger partial charge is 0.338 e. The molecule has 7 nitrogen and oxygen atoms in total. The van der Waals surface area contributed by atoms with Gasteiger partial charge < -0.3 is 15.7 Å². The van der Waals surface area contributed by atoms with Gasteiger partial charge in [0.05, 0.1) is 16.9 Å². The molecule has 172 valence electrons. The fraction of sp³-hybridized carbons (Fsp3) is 0.458. The second kappa shape index (κ2) is 9.50. The van der Waals surface area contributed by atoms with Crippen molar-refractivity contribution in [3.8, 4) is 0 Å². The van der Waals surface area contributed by atoms with Crippen LogP contribution in [0.2, 0.25) is 0 Å². The first kappa shape index (κ1) is 22.6. The number of fused-ring (bicyclic) bond motifs is 1. The minimum atomic E-state index is -3.98. The SMILES string of the molecule is CC1CCCc2ccc(NS(=O)(=O)c3ccccc3NCCC3CCCN3)c(C(=O)O)c21. The van der Waals surface area contributed by atoms with E-state index in [2.05, 4.69) is 15.4 Å². The van der Waals surface area contributed by atoms with Crippen LogP contribution in [0.1, 0.15) is 66.4 Å². The zero-order valence-electron chi connectivity index (χ0n) is 18.4. The van der Waals surface area contributed by atoms with Crippen LogP contribution < -0.4 is 15.4 Å². The van der Waals surface area contributed by atoms with Crippen LogP contribution >= 0.6 is 0 Å². The van der Waals surface area contributed by atoms with E-state index in [-0.39, 0.29) is 22.1 Å². The van der Waals surface area contributed by atoms with Crippen LogP contribution in [0.4, 0.5) is 11.4 Å². The number of hydrogen-bond donors (Lipinski definition) is 4. The van der Waals surface area contributed by atoms with Crippen molar-refractivity contribution in [1.29, 1.82) is 0 Å². The zero-order valence-corrected chi connectivity index (χ0v) is 19.2. The van der Waals surface area contributed by atoms with Crippen molar-refractivity contribution in [3.05, 3.63) is 53.1 Å². The molecule has 32 heavy (non-hydrogen) atoms. The molecule has 1 fully saturated rings. The molecule has 2 aliphatic rings. The number of nitrogens with one attached hydrogen (secondary N) is 3. The van der Waals surface area contributed by atoms with Gasteiger partial charge in [-0.3, -0.25) is 4.72 Å². The van der Waals surface area contributed by atoms with E-state index in [1.54, 1.807) is 30.3 Å². The van der Waals surface area contributed by atoms with E-state index in [1.165, 1.54) is 6.42 Å². The van der Waals surface area contributed by atoms with Crippen LogP contribution in [0.25, 0.3) is 0 Å². The van der Waals surface area contributed by atoms with Crippen LogP contribution in [0.15, 0.2) is 41.3 Å². The van der Waals surface area contributed by atoms with Crippen LogP contribution in [0.5, 0.6) is 0 Å². The summed E-state index contributed by atoms with van der Waals surface area (Å²) < 4.78 is 29.2. The monoisotopic (exact) mass is 457 g/mol. The lowest BCUT2D eigenvalue weighted by Crippen LogP contribution is -2.24. The van der Waals surface area contributed by atoms with Crippen LogP contribution in [-0.2, 0) is 16.4 Å². The second-order valence-corrected chi connectivity index (χ2v) is 10.4. The molecule has 8 heteroatoms. The van der Waals surface area contributed by atoms with E-state index in [9.17, 15) is 18.3 Å². The fourth-order valence-electron chi connectivity index (χ4n) is 4.93. The number of carboxylic acids is 1. The first-order chi connectivity index (χ1) is 15.4. The average molecular weight is 458 g/mol. The molecule has 0 amide bonds. The van der Waals surface area contributed by atoms with Crippen molar-refractivity contribution < 1.29 is 18.3 Å². The summed E-state index contributed by atoms with van der Waals surface area (Å²) in [6, 6.07) is 10.6. The highest BCUT2D eigenvalue weighted by atomic mass is 32.2. The van der Waals surface area contributed by atoms with Crippen molar-refractivity contribution in [2.24, 2.45) is 0 Å². The Labute approximate surface area is 189 Å². The van der Waals surface area contributed by atoms with Gasteiger partial charge in [-0.15, -0.1) is 0 Å². The Morgan fingerprint density at radius 2 is 1.94 bits per heavy atom. The lowest BCUT2D eigenvalue weighted by Gasteiger charge is -2.26. The van der Waals surface area contributed by atoms with E-state index in [1.807, 2.05) is 13.0 Å². The van der Waals surface area contributed by atoms with Crippen LogP contribution in [-0.4, -0.2) is 38.6 Å². The second-order valence-electron chi connectivity index (χ2n) is 8.77. The van der Waals surface area contributed by atoms with Gasteiger partial charge in [0, 0.05) is 12.6 Å². The Hall–Kier alpha value is -2.58. The van der Waals surface area contributed by atoms with Gasteiger partial charge in [-0.25, -0.2) is 13.2 Å². The molecular formula is C24H31N3O4S. The largest absolute Gasteiger partial charge is 0.478 e. The predicted octanol–water partition coefficient (Wildman–Crippen LogP) is 4.18. The lowest BCUT2D eigenvalue weighted by molar-refractivity contribution is 0.0696. The number of para-hydroxylation sites is 1. The Morgan fingerprint density at radius 3 is 2.69 bits per heavy atom. The van der Waals surface area contributed by atoms with Gasteiger partial charge in [0.2, 0.25) is 0 Å². The van der Waals surface area contributed by atoms with E-state index in [4.69, 9.17) is 0 Å². The third-order valence-corrected chi connectivity index (χ3v) is 7.94. The molecule has 0 aromatic heterocycles. The summed E-state index contributed by atoms with van der Waals surface area (Å²) in [5, 5.41) is 16.6. The van der Waals surface area contributed by atoms with Crippen molar-refractivity contribution in [1.82, 2.24) is 5.32 Å². The lowest BCUT2D eigenvalue weighted by atomic mass is 9.80. The molecule has 1 heterocycles. The van der Waals surface area contributed by atoms with E-state index < -0.39 is 16.0 Å². The normalized spacial score (nSPS) is 20.5. The molecule has 1 saturated heterocycles. The third-order valence-electron chi connectivity index (χ3n) is 6.52. The first-order valence-corrected chi connectivity index (χ1v) is 12.8. The highest BCUT2D eigenvalue weighted by Crippen LogP contribution is 2.38. The molecule has 0 spiro atoms. The molecule has 2 atom stereocenters. The topological polar surface area (TPSA) is 108 Å². The molecular weight excluding hydrogens is 426 g/mol. The Kier molecular flexibility index (Phi) is 6.71. The van der Waals surface area contributed by atoms with Crippen molar-refractivity contribution in [3.63, 3.8) is 0 Å². The predicted molar refractivity (Wildman–Crippen MR) is 126 cm³/mol. The molecule has 0 radical (unpaired) electrons. The highest BCUT2D eigenvalue weighted by Gasteiger charge is 2.28. The molecule has 2 aromatic rings. The molecule has 2 aromatic carbocycles. The maximum Gasteiger partial charge on any atom is 0.338 e. The number of aromatic carboxylic acids is 1. The first-order valence-electron chi connectivity index (χ1n) is 11.3. The minimum Gasteiger partial charge on any atom is -0.478 e. The number of hydrogen-bond acceptors (Lipinski definition) is 5. The van der Waals surface area contributed by atoms with Gasteiger partial charge in [-0.1, -0.05) is 25.1 Å². The third kappa shape index (κ3) is 4.76. The summed E-state index contributed by atoms with van der Waals surface area (Å²) in [7, 11) is -3.98. The molecule has 4 N–H and O–H groups in total. The maximum absolute atomic E-state index is 13.3. The van der Waals surface area contributed by atoms with Crippen molar-refractivity contribution in [2.75, 3.05) is 23.1 Å². The Morgan fingerprint density at radius 1 is 1.12 bits per heavy atom. The van der Waals surface area contributed by atoms with Gasteiger partial charge >= 0.3 is 5.97 Å². The van der Waals surface area contributed by atoms with E-state index >= 15 is 0 Å². The van der Waals surface area contributed by atoms with Gasteiger partial charge in [-0.05, 0) is 80.3 Å². The Balaban J connectivity index is 1.60. The zero-order chi connectivity index (χ0) is 22.7. The number of anilines is 2. The molecule has 0 bridgehead atoms. The summed E-state index contributed by atoms with van der Waals surface area (Å²) in [6.07, 6.45) is 5.94. The number of benzene rings is 2. The van der Waals surface area contributed by atoms with E-state index in [0.717, 1.165) is 49.8 Å². The number of rotatable bonds is 8.